The molecule has 0 radical (unpaired) electrons. The van der Waals surface area contributed by atoms with Crippen molar-refractivity contribution >= 4 is 22.3 Å². The van der Waals surface area contributed by atoms with Crippen LogP contribution in [0.25, 0.3) is 10.9 Å². The zero-order valence-corrected chi connectivity index (χ0v) is 14.0. The second-order valence-electron chi connectivity index (χ2n) is 5.85. The molecule has 0 spiro atoms. The maximum atomic E-state index is 13.3. The summed E-state index contributed by atoms with van der Waals surface area (Å²) in [6.45, 7) is 0.496. The Bertz CT molecular complexity index is 984. The van der Waals surface area contributed by atoms with Crippen LogP contribution >= 0.6 is 0 Å². The van der Waals surface area contributed by atoms with Crippen molar-refractivity contribution in [2.45, 2.75) is 19.3 Å². The number of benzene rings is 2. The molecule has 2 aromatic carbocycles. The number of nitrogens with one attached hydrogen (secondary N) is 1. The van der Waals surface area contributed by atoms with Crippen molar-refractivity contribution in [3.05, 3.63) is 63.8 Å². The van der Waals surface area contributed by atoms with Gasteiger partial charge in [-0.2, -0.15) is 18.3 Å². The number of nitrogens with two attached hydrogens (primary N) is 1. The lowest BCUT2D eigenvalue weighted by Crippen LogP contribution is -2.12. The lowest BCUT2D eigenvalue weighted by atomic mass is 10.1. The first-order valence-corrected chi connectivity index (χ1v) is 8.04. The van der Waals surface area contributed by atoms with Crippen molar-refractivity contribution in [3.63, 3.8) is 0 Å². The van der Waals surface area contributed by atoms with Crippen LogP contribution in [0, 0.1) is 10.1 Å². The third-order valence-electron chi connectivity index (χ3n) is 4.09. The van der Waals surface area contributed by atoms with Crippen LogP contribution in [0.5, 0.6) is 0 Å². The summed E-state index contributed by atoms with van der Waals surface area (Å²) in [5, 5.41) is 18.6. The van der Waals surface area contributed by atoms with Crippen molar-refractivity contribution in [2.24, 2.45) is 5.73 Å². The van der Waals surface area contributed by atoms with Crippen LogP contribution in [0.3, 0.4) is 0 Å². The van der Waals surface area contributed by atoms with E-state index < -0.39 is 16.7 Å². The van der Waals surface area contributed by atoms with E-state index in [-0.39, 0.29) is 31.0 Å². The van der Waals surface area contributed by atoms with Gasteiger partial charge in [0.1, 0.15) is 0 Å². The number of hydrogen-bond acceptors (Lipinski definition) is 5. The van der Waals surface area contributed by atoms with Crippen molar-refractivity contribution < 1.29 is 18.1 Å². The van der Waals surface area contributed by atoms with Gasteiger partial charge in [-0.15, -0.1) is 0 Å². The van der Waals surface area contributed by atoms with E-state index in [2.05, 4.69) is 10.4 Å². The van der Waals surface area contributed by atoms with Gasteiger partial charge in [-0.05, 0) is 12.1 Å². The van der Waals surface area contributed by atoms with Gasteiger partial charge >= 0.3 is 6.18 Å². The number of nitro benzene ring substituents is 1. The molecule has 7 nitrogen and oxygen atoms in total. The summed E-state index contributed by atoms with van der Waals surface area (Å²) in [5.74, 6) is 0. The lowest BCUT2D eigenvalue weighted by molar-refractivity contribution is -0.385. The largest absolute Gasteiger partial charge is 0.416 e. The molecule has 0 saturated carbocycles. The zero-order valence-electron chi connectivity index (χ0n) is 14.0. The van der Waals surface area contributed by atoms with Gasteiger partial charge in [0.2, 0.25) is 0 Å². The topological polar surface area (TPSA) is 99.0 Å². The van der Waals surface area contributed by atoms with Gasteiger partial charge in [0.25, 0.3) is 5.69 Å². The van der Waals surface area contributed by atoms with E-state index in [9.17, 15) is 23.3 Å². The molecule has 3 rings (SSSR count). The third-order valence-corrected chi connectivity index (χ3v) is 4.09. The van der Waals surface area contributed by atoms with Crippen molar-refractivity contribution in [1.29, 1.82) is 0 Å². The van der Waals surface area contributed by atoms with Crippen LogP contribution < -0.4 is 11.1 Å². The summed E-state index contributed by atoms with van der Waals surface area (Å²) in [7, 11) is 0. The predicted octanol–water partition coefficient (Wildman–Crippen LogP) is 3.53. The summed E-state index contributed by atoms with van der Waals surface area (Å²) in [6, 6.07) is 8.05. The molecule has 0 aliphatic heterocycles. The van der Waals surface area contributed by atoms with E-state index >= 15 is 0 Å². The van der Waals surface area contributed by atoms with Crippen LogP contribution in [-0.2, 0) is 19.3 Å². The van der Waals surface area contributed by atoms with Crippen molar-refractivity contribution in [1.82, 2.24) is 9.78 Å². The number of alkyl halides is 3. The van der Waals surface area contributed by atoms with Gasteiger partial charge in [-0.1, -0.05) is 18.2 Å². The number of fused-ring (bicyclic) bond motifs is 1. The standard InChI is InChI=1S/C17H16F3N5O2/c18-17(19,20)12-7-14(13-10-23-24(6-5-21)16(13)8-12)22-9-11-3-1-2-4-15(11)25(26)27/h1-4,7-8,10,22H,5-6,9,21H2. The zero-order chi connectivity index (χ0) is 19.6. The van der Waals surface area contributed by atoms with E-state index in [4.69, 9.17) is 5.73 Å². The van der Waals surface area contributed by atoms with E-state index in [1.54, 1.807) is 12.1 Å². The summed E-state index contributed by atoms with van der Waals surface area (Å²) in [6.07, 6.45) is -3.09. The minimum absolute atomic E-state index is 0.00433. The SMILES string of the molecule is NCCn1ncc2c(NCc3ccccc3[N+](=O)[O-])cc(C(F)(F)F)cc21. The summed E-state index contributed by atoms with van der Waals surface area (Å²) >= 11 is 0. The molecule has 1 heterocycles. The monoisotopic (exact) mass is 379 g/mol. The molecular formula is C17H16F3N5O2. The predicted molar refractivity (Wildman–Crippen MR) is 94.2 cm³/mol. The second-order valence-corrected chi connectivity index (χ2v) is 5.85. The molecular weight excluding hydrogens is 363 g/mol. The van der Waals surface area contributed by atoms with Gasteiger partial charge in [0.15, 0.2) is 0 Å². The molecule has 3 aromatic rings. The maximum Gasteiger partial charge on any atom is 0.416 e. The third kappa shape index (κ3) is 3.85. The molecule has 0 fully saturated rings. The first-order valence-electron chi connectivity index (χ1n) is 8.04. The molecule has 0 saturated heterocycles. The number of para-hydroxylation sites is 1. The van der Waals surface area contributed by atoms with Crippen LogP contribution in [0.1, 0.15) is 11.1 Å². The molecule has 0 amide bonds. The highest BCUT2D eigenvalue weighted by Crippen LogP contribution is 2.35. The van der Waals surface area contributed by atoms with Gasteiger partial charge < -0.3 is 11.1 Å². The number of nitrogens with zero attached hydrogens (tertiary/aromatic N) is 3. The molecule has 0 bridgehead atoms. The summed E-state index contributed by atoms with van der Waals surface area (Å²) in [5.41, 5.74) is 5.40. The summed E-state index contributed by atoms with van der Waals surface area (Å²) < 4.78 is 41.2. The number of hydrogen-bond donors (Lipinski definition) is 2. The minimum atomic E-state index is -4.54. The van der Waals surface area contributed by atoms with E-state index in [1.807, 2.05) is 0 Å². The van der Waals surface area contributed by atoms with Gasteiger partial charge in [-0.25, -0.2) is 0 Å². The summed E-state index contributed by atoms with van der Waals surface area (Å²) in [4.78, 5) is 10.6. The maximum absolute atomic E-state index is 13.3. The Morgan fingerprint density at radius 1 is 1.26 bits per heavy atom. The average Bonchev–Trinajstić information content (AvgIpc) is 3.02. The highest BCUT2D eigenvalue weighted by molar-refractivity contribution is 5.92. The van der Waals surface area contributed by atoms with E-state index in [0.717, 1.165) is 12.1 Å². The Kier molecular flexibility index (Phi) is 5.00. The molecule has 0 aliphatic rings. The van der Waals surface area contributed by atoms with Crippen LogP contribution in [0.15, 0.2) is 42.6 Å². The Hall–Kier alpha value is -3.14. The number of nitro groups is 1. The Morgan fingerprint density at radius 2 is 2.00 bits per heavy atom. The quantitative estimate of drug-likeness (QED) is 0.504. The lowest BCUT2D eigenvalue weighted by Gasteiger charge is -2.13. The fourth-order valence-electron chi connectivity index (χ4n) is 2.82. The van der Waals surface area contributed by atoms with Crippen molar-refractivity contribution in [3.8, 4) is 0 Å². The van der Waals surface area contributed by atoms with Gasteiger partial charge in [0.05, 0.1) is 28.7 Å². The molecule has 142 valence electrons. The van der Waals surface area contributed by atoms with Gasteiger partial charge in [-0.3, -0.25) is 14.8 Å². The molecule has 10 heteroatoms. The Morgan fingerprint density at radius 3 is 2.67 bits per heavy atom. The van der Waals surface area contributed by atoms with Crippen LogP contribution in [0.4, 0.5) is 24.5 Å². The van der Waals surface area contributed by atoms with E-state index in [0.29, 0.717) is 16.5 Å². The molecule has 0 aliphatic carbocycles. The molecule has 0 atom stereocenters. The van der Waals surface area contributed by atoms with Crippen molar-refractivity contribution in [2.75, 3.05) is 11.9 Å². The normalized spacial score (nSPS) is 11.7. The van der Waals surface area contributed by atoms with Gasteiger partial charge in [0, 0.05) is 35.8 Å². The molecule has 27 heavy (non-hydrogen) atoms. The average molecular weight is 379 g/mol. The fraction of sp³-hybridized carbons (Fsp3) is 0.235. The number of anilines is 1. The fourth-order valence-corrected chi connectivity index (χ4v) is 2.82. The molecule has 3 N–H and O–H groups in total. The highest BCUT2D eigenvalue weighted by Gasteiger charge is 2.32. The highest BCUT2D eigenvalue weighted by atomic mass is 19.4. The van der Waals surface area contributed by atoms with Crippen LogP contribution in [-0.4, -0.2) is 21.2 Å². The second kappa shape index (κ2) is 7.23. The number of halogens is 3. The smallest absolute Gasteiger partial charge is 0.380 e. The number of rotatable bonds is 6. The molecule has 1 aromatic heterocycles. The Balaban J connectivity index is 2.02. The first kappa shape index (κ1) is 18.6. The molecule has 0 unspecified atom stereocenters. The van der Waals surface area contributed by atoms with E-state index in [1.165, 1.54) is 23.0 Å². The Labute approximate surface area is 151 Å². The first-order chi connectivity index (χ1) is 12.8. The minimum Gasteiger partial charge on any atom is -0.380 e. The van der Waals surface area contributed by atoms with Crippen LogP contribution in [0.2, 0.25) is 0 Å². The number of aromatic nitrogens is 2.